The number of carbonyl (C=O) groups excluding carboxylic acids is 5. The van der Waals surface area contributed by atoms with Gasteiger partial charge in [-0.1, -0.05) is 109 Å². The lowest BCUT2D eigenvalue weighted by atomic mass is 9.86. The molecule has 528 valence electrons. The van der Waals surface area contributed by atoms with Gasteiger partial charge in [0.1, 0.15) is 29.3 Å². The largest absolute Gasteiger partial charge is 0.508 e. The molecular formula is C81H97BBr3O13P. The van der Waals surface area contributed by atoms with Gasteiger partial charge in [-0.3, -0.25) is 14.4 Å². The van der Waals surface area contributed by atoms with Crippen LogP contribution in [0.4, 0.5) is 0 Å². The van der Waals surface area contributed by atoms with Gasteiger partial charge in [-0.25, -0.2) is 9.59 Å². The van der Waals surface area contributed by atoms with Gasteiger partial charge in [0.05, 0.1) is 47.8 Å². The minimum atomic E-state index is -2.24. The summed E-state index contributed by atoms with van der Waals surface area (Å²) in [7, 11) is 5.12. The molecule has 0 atom stereocenters. The number of aldehydes is 1. The summed E-state index contributed by atoms with van der Waals surface area (Å²) in [6.45, 7) is 6.73. The van der Waals surface area contributed by atoms with Gasteiger partial charge >= 0.3 is 27.1 Å². The third-order valence-corrected chi connectivity index (χ3v) is 21.5. The fourth-order valence-electron chi connectivity index (χ4n) is 13.2. The van der Waals surface area contributed by atoms with Gasteiger partial charge in [0.2, 0.25) is 0 Å². The Balaban J connectivity index is 0.000000194. The lowest BCUT2D eigenvalue weighted by Crippen LogP contribution is -2.29. The van der Waals surface area contributed by atoms with Crippen molar-refractivity contribution in [3.8, 4) is 23.0 Å². The van der Waals surface area contributed by atoms with Crippen molar-refractivity contribution < 1.29 is 62.2 Å². The summed E-state index contributed by atoms with van der Waals surface area (Å²) in [4.78, 5) is 57.6. The number of fused-ring (bicyclic) bond motifs is 4. The molecule has 11 rings (SSSR count). The molecule has 0 heterocycles. The molecule has 0 fully saturated rings. The van der Waals surface area contributed by atoms with E-state index in [9.17, 15) is 29.1 Å². The van der Waals surface area contributed by atoms with Gasteiger partial charge in [0, 0.05) is 30.3 Å². The van der Waals surface area contributed by atoms with Gasteiger partial charge in [-0.15, -0.1) is 47.3 Å². The van der Waals surface area contributed by atoms with E-state index in [-0.39, 0.29) is 27.1 Å². The van der Waals surface area contributed by atoms with Crippen molar-refractivity contribution in [3.63, 3.8) is 0 Å². The summed E-state index contributed by atoms with van der Waals surface area (Å²) >= 11 is 9.31. The van der Waals surface area contributed by atoms with Crippen molar-refractivity contribution in [1.29, 1.82) is 0 Å². The molecule has 0 unspecified atom stereocenters. The molecule has 0 bridgehead atoms. The highest BCUT2D eigenvalue weighted by Gasteiger charge is 2.27. The number of hydrogen-bond acceptors (Lipinski definition) is 13. The van der Waals surface area contributed by atoms with E-state index in [1.54, 1.807) is 40.1 Å². The van der Waals surface area contributed by atoms with Crippen molar-refractivity contribution in [1.82, 2.24) is 0 Å². The van der Waals surface area contributed by atoms with Crippen LogP contribution < -0.4 is 30.1 Å². The molecule has 7 aromatic carbocycles. The van der Waals surface area contributed by atoms with Crippen LogP contribution in [0, 0.1) is 0 Å². The van der Waals surface area contributed by atoms with Gasteiger partial charge in [0.25, 0.3) is 0 Å². The van der Waals surface area contributed by atoms with Gasteiger partial charge in [-0.2, -0.15) is 0 Å². The number of ether oxygens (including phenoxy) is 7. The average Bonchev–Trinajstić information content (AvgIpc) is 0.765. The molecule has 0 radical (unpaired) electrons. The molecule has 7 aromatic rings. The number of halogens is 3. The number of aromatic hydroxyl groups is 1. The van der Waals surface area contributed by atoms with Crippen LogP contribution in [0.25, 0.3) is 6.08 Å². The number of aryl methyl sites for hydroxylation is 2. The lowest BCUT2D eigenvalue weighted by molar-refractivity contribution is -0.144. The van der Waals surface area contributed by atoms with E-state index in [0.717, 1.165) is 120 Å². The monoisotopic (exact) mass is 1560 g/mol. The first-order valence-electron chi connectivity index (χ1n) is 34.6. The predicted octanol–water partition coefficient (Wildman–Crippen LogP) is 16.9. The molecule has 4 aliphatic carbocycles. The quantitative estimate of drug-likeness (QED) is 0.0191. The predicted molar refractivity (Wildman–Crippen MR) is 415 cm³/mol. The Labute approximate surface area is 612 Å². The second kappa shape index (κ2) is 44.2. The van der Waals surface area contributed by atoms with E-state index < -0.39 is 6.89 Å². The number of phenolic OH excluding ortho intramolecular Hbond substituents is 1. The zero-order valence-corrected chi connectivity index (χ0v) is 64.2. The molecule has 0 saturated heterocycles. The highest BCUT2D eigenvalue weighted by molar-refractivity contribution is 9.69. The fourth-order valence-corrected chi connectivity index (χ4v) is 16.8. The zero-order chi connectivity index (χ0) is 71.4. The Bertz CT molecular complexity index is 3680. The van der Waals surface area contributed by atoms with Crippen LogP contribution in [0.2, 0.25) is 0 Å². The summed E-state index contributed by atoms with van der Waals surface area (Å²) in [5.41, 5.74) is 14.5. The van der Waals surface area contributed by atoms with Crippen LogP contribution in [0.15, 0.2) is 146 Å². The highest BCUT2D eigenvalue weighted by Crippen LogP contribution is 2.44. The maximum Gasteiger partial charge on any atom is 0.369 e. The van der Waals surface area contributed by atoms with E-state index in [1.807, 2.05) is 118 Å². The van der Waals surface area contributed by atoms with E-state index in [2.05, 4.69) is 89.7 Å². The number of esters is 4. The van der Waals surface area contributed by atoms with Crippen LogP contribution in [0.3, 0.4) is 0 Å². The number of benzene rings is 7. The molecule has 18 heteroatoms. The minimum absolute atomic E-state index is 0.108. The van der Waals surface area contributed by atoms with E-state index in [0.29, 0.717) is 51.4 Å². The van der Waals surface area contributed by atoms with E-state index in [4.69, 9.17) is 33.2 Å². The standard InChI is InChI=1S/C22H21O2P.C16H22O3.C16H20O3.C15H20O3.C12H14O2.BBr3/c1-2-24-22(23)18-25(19-12-6-3-7-13-19,20-14-8-4-9-15-20)21-16-10-5-11-17-21;2*1-3-19-16(17)11-9-12-8-10-15(18-2)14-7-5-4-6-13(12)14;1-2-18-15(17)10-8-11-7-9-14(16)13-6-4-3-5-12(11)13;1-14-12-7-6-9(8-13)10-4-2-3-5-11(10)12;2-1(3)4/h3-18H,2H2,1H3;8,10H,3-7,9,11H2,1-2H3;8-11H,3-7H2,1-2H3;7,9,16H,2-6,8,10H2,1H3;6-8H,2-5H2,1H3;/b;;11-9+;;;. The number of carbonyl (C=O) groups is 5. The molecule has 1 N–H and O–H groups in total. The molecule has 0 spiro atoms. The van der Waals surface area contributed by atoms with Crippen LogP contribution in [0.5, 0.6) is 23.0 Å². The maximum absolute atomic E-state index is 12.5. The number of phenols is 1. The number of methoxy groups -OCH3 is 3. The van der Waals surface area contributed by atoms with Crippen molar-refractivity contribution in [3.05, 3.63) is 212 Å². The summed E-state index contributed by atoms with van der Waals surface area (Å²) in [5, 5.41) is 13.3. The number of hydrogen-bond donors (Lipinski definition) is 1. The second-order valence-corrected chi connectivity index (χ2v) is 33.4. The van der Waals surface area contributed by atoms with Gasteiger partial charge < -0.3 is 38.3 Å². The molecule has 4 aliphatic rings. The Morgan fingerprint density at radius 3 is 1.16 bits per heavy atom. The maximum atomic E-state index is 12.5. The van der Waals surface area contributed by atoms with Crippen LogP contribution in [0.1, 0.15) is 163 Å². The fraction of sp³-hybridized carbons (Fsp3) is 0.383. The number of rotatable bonds is 20. The van der Waals surface area contributed by atoms with E-state index in [1.165, 1.54) is 101 Å². The van der Waals surface area contributed by atoms with Crippen LogP contribution >= 0.6 is 54.2 Å². The zero-order valence-electron chi connectivity index (χ0n) is 58.6. The van der Waals surface area contributed by atoms with Crippen molar-refractivity contribution in [2.24, 2.45) is 0 Å². The highest BCUT2D eigenvalue weighted by atomic mass is 79.9. The summed E-state index contributed by atoms with van der Waals surface area (Å²) in [6.07, 6.45) is 24.5. The molecular weight excluding hydrogens is 1460 g/mol. The first-order chi connectivity index (χ1) is 48.1. The van der Waals surface area contributed by atoms with E-state index >= 15 is 0 Å². The molecule has 0 saturated carbocycles. The van der Waals surface area contributed by atoms with Crippen molar-refractivity contribution in [2.75, 3.05) is 47.8 Å². The van der Waals surface area contributed by atoms with Crippen molar-refractivity contribution in [2.45, 2.75) is 156 Å². The normalized spacial score (nSPS) is 13.0. The molecule has 99 heavy (non-hydrogen) atoms. The molecule has 0 aliphatic heterocycles. The SMILES string of the molecule is BrB(Br)Br.CCOC(=O)/C=C/c1ccc(OC)c2c1CCCC2.CCOC(=O)C=P(c1ccccc1)(c1ccccc1)c1ccccc1.CCOC(=O)CCc1ccc(O)c2c1CCCC2.CCOC(=O)CCc1ccc(OC)c2c1CCCC2.COc1ccc(C=O)c2c1CCCC2. The van der Waals surface area contributed by atoms with Crippen LogP contribution in [-0.2, 0) is 102 Å². The second-order valence-electron chi connectivity index (χ2n) is 23.7. The average molecular weight is 1560 g/mol. The first kappa shape index (κ1) is 80.8. The third-order valence-electron chi connectivity index (χ3n) is 17.6. The third kappa shape index (κ3) is 24.6. The first-order valence-corrected chi connectivity index (χ1v) is 39.2. The summed E-state index contributed by atoms with van der Waals surface area (Å²) in [6, 6.07) is 46.3. The summed E-state index contributed by atoms with van der Waals surface area (Å²) in [5.74, 6) is 4.29. The Kier molecular flexibility index (Phi) is 36.0. The summed E-state index contributed by atoms with van der Waals surface area (Å²) < 4.78 is 36.6. The Hall–Kier alpha value is -7.17. The smallest absolute Gasteiger partial charge is 0.369 e. The van der Waals surface area contributed by atoms with Gasteiger partial charge in [0.15, 0.2) is 0 Å². The Morgan fingerprint density at radius 2 is 0.758 bits per heavy atom. The topological polar surface area (TPSA) is 170 Å². The minimum Gasteiger partial charge on any atom is -0.508 e. The Morgan fingerprint density at radius 1 is 0.424 bits per heavy atom. The molecule has 13 nitrogen and oxygen atoms in total. The molecule has 0 aromatic heterocycles. The molecule has 0 amide bonds. The lowest BCUT2D eigenvalue weighted by Gasteiger charge is -2.28. The van der Waals surface area contributed by atoms with Crippen LogP contribution in [-0.4, -0.2) is 92.0 Å². The van der Waals surface area contributed by atoms with Crippen molar-refractivity contribution >= 4 is 115 Å². The van der Waals surface area contributed by atoms with Gasteiger partial charge in [-0.05, 0) is 264 Å².